The standard InChI is InChI=1S/C21H24N6O3/c1-4-6-7-14-11-30-17-10-13(19(22)28)9-15-18(17)27(14)21(23-15)24-20(29)16-8-12(3)25-26(16)5-2/h4,6,8-10,14H,5,7,11H2,1-3H3,(H2,22,28)(H,23,24,29)/b6-4-/t14-/m0/s1. The summed E-state index contributed by atoms with van der Waals surface area (Å²) in [5, 5.41) is 7.26. The second-order valence-corrected chi connectivity index (χ2v) is 7.22. The van der Waals surface area contributed by atoms with Crippen LogP contribution in [-0.2, 0) is 6.54 Å². The summed E-state index contributed by atoms with van der Waals surface area (Å²) in [6.07, 6.45) is 4.73. The number of aryl methyl sites for hydroxylation is 2. The Labute approximate surface area is 173 Å². The normalized spacial score (nSPS) is 15.5. The van der Waals surface area contributed by atoms with E-state index in [1.165, 1.54) is 0 Å². The van der Waals surface area contributed by atoms with Gasteiger partial charge in [0.05, 0.1) is 17.3 Å². The van der Waals surface area contributed by atoms with Gasteiger partial charge in [0, 0.05) is 12.1 Å². The molecule has 1 atom stereocenters. The number of carbonyl (C=O) groups excluding carboxylic acids is 2. The number of amides is 2. The molecule has 0 saturated carbocycles. The molecule has 1 aliphatic heterocycles. The van der Waals surface area contributed by atoms with Crippen LogP contribution in [0.25, 0.3) is 11.0 Å². The number of primary amides is 1. The summed E-state index contributed by atoms with van der Waals surface area (Å²) in [6, 6.07) is 4.94. The summed E-state index contributed by atoms with van der Waals surface area (Å²) in [5.41, 5.74) is 8.28. The van der Waals surface area contributed by atoms with Crippen LogP contribution in [0.4, 0.5) is 5.95 Å². The molecule has 30 heavy (non-hydrogen) atoms. The minimum atomic E-state index is -0.560. The van der Waals surface area contributed by atoms with Gasteiger partial charge in [0.15, 0.2) is 0 Å². The van der Waals surface area contributed by atoms with Gasteiger partial charge in [0.25, 0.3) is 5.91 Å². The molecule has 9 nitrogen and oxygen atoms in total. The highest BCUT2D eigenvalue weighted by atomic mass is 16.5. The van der Waals surface area contributed by atoms with Crippen LogP contribution in [0.1, 0.15) is 52.9 Å². The Morgan fingerprint density at radius 1 is 1.37 bits per heavy atom. The summed E-state index contributed by atoms with van der Waals surface area (Å²) in [6.45, 7) is 6.70. The minimum Gasteiger partial charge on any atom is -0.489 e. The molecule has 1 aliphatic rings. The third-order valence-electron chi connectivity index (χ3n) is 5.13. The molecule has 2 amide bonds. The third-order valence-corrected chi connectivity index (χ3v) is 5.13. The van der Waals surface area contributed by atoms with Crippen molar-refractivity contribution in [3.8, 4) is 5.75 Å². The van der Waals surface area contributed by atoms with E-state index in [1.54, 1.807) is 22.9 Å². The van der Waals surface area contributed by atoms with Crippen LogP contribution < -0.4 is 15.8 Å². The van der Waals surface area contributed by atoms with Gasteiger partial charge in [-0.1, -0.05) is 12.2 Å². The molecule has 0 fully saturated rings. The van der Waals surface area contributed by atoms with E-state index in [9.17, 15) is 9.59 Å². The predicted molar refractivity (Wildman–Crippen MR) is 113 cm³/mol. The number of anilines is 1. The molecular weight excluding hydrogens is 384 g/mol. The van der Waals surface area contributed by atoms with Crippen LogP contribution in [0.15, 0.2) is 30.4 Å². The number of nitrogens with zero attached hydrogens (tertiary/aromatic N) is 4. The summed E-state index contributed by atoms with van der Waals surface area (Å²) in [5.74, 6) is 0.0739. The molecule has 0 radical (unpaired) electrons. The average molecular weight is 408 g/mol. The SMILES string of the molecule is C/C=C\C[C@H]1COc2cc(C(N)=O)cc3nc(NC(=O)c4cc(C)nn4CC)n1c23. The maximum absolute atomic E-state index is 13.0. The number of benzene rings is 1. The number of rotatable bonds is 6. The van der Waals surface area contributed by atoms with Crippen molar-refractivity contribution in [2.75, 3.05) is 11.9 Å². The molecule has 2 aromatic heterocycles. The lowest BCUT2D eigenvalue weighted by Crippen LogP contribution is -2.26. The summed E-state index contributed by atoms with van der Waals surface area (Å²) in [7, 11) is 0. The van der Waals surface area contributed by atoms with E-state index in [1.807, 2.05) is 37.5 Å². The molecule has 3 N–H and O–H groups in total. The molecule has 3 heterocycles. The van der Waals surface area contributed by atoms with Gasteiger partial charge < -0.3 is 10.5 Å². The zero-order valence-corrected chi connectivity index (χ0v) is 17.2. The maximum Gasteiger partial charge on any atom is 0.276 e. The highest BCUT2D eigenvalue weighted by Crippen LogP contribution is 2.38. The van der Waals surface area contributed by atoms with Crippen molar-refractivity contribution in [3.63, 3.8) is 0 Å². The van der Waals surface area contributed by atoms with Crippen molar-refractivity contribution in [1.82, 2.24) is 19.3 Å². The van der Waals surface area contributed by atoms with E-state index in [2.05, 4.69) is 15.4 Å². The van der Waals surface area contributed by atoms with Crippen molar-refractivity contribution in [1.29, 1.82) is 0 Å². The number of hydrogen-bond donors (Lipinski definition) is 2. The molecule has 0 saturated heterocycles. The second-order valence-electron chi connectivity index (χ2n) is 7.22. The van der Waals surface area contributed by atoms with Gasteiger partial charge in [-0.3, -0.25) is 24.2 Å². The molecule has 0 unspecified atom stereocenters. The predicted octanol–water partition coefficient (Wildman–Crippen LogP) is 2.81. The van der Waals surface area contributed by atoms with Gasteiger partial charge in [0.2, 0.25) is 11.9 Å². The quantitative estimate of drug-likeness (QED) is 0.608. The van der Waals surface area contributed by atoms with E-state index in [-0.39, 0.29) is 11.9 Å². The molecule has 3 aromatic rings. The summed E-state index contributed by atoms with van der Waals surface area (Å²) >= 11 is 0. The van der Waals surface area contributed by atoms with Crippen LogP contribution in [0.5, 0.6) is 5.75 Å². The number of imidazole rings is 1. The van der Waals surface area contributed by atoms with E-state index >= 15 is 0 Å². The van der Waals surface area contributed by atoms with Gasteiger partial charge >= 0.3 is 0 Å². The minimum absolute atomic E-state index is 0.0498. The zero-order valence-electron chi connectivity index (χ0n) is 17.2. The van der Waals surface area contributed by atoms with Crippen LogP contribution in [0.3, 0.4) is 0 Å². The fourth-order valence-corrected chi connectivity index (χ4v) is 3.75. The molecule has 4 rings (SSSR count). The Kier molecular flexibility index (Phi) is 5.03. The molecule has 156 valence electrons. The Morgan fingerprint density at radius 3 is 2.87 bits per heavy atom. The number of nitrogens with two attached hydrogens (primary N) is 1. The van der Waals surface area contributed by atoms with E-state index < -0.39 is 5.91 Å². The first-order chi connectivity index (χ1) is 14.4. The Balaban J connectivity index is 1.82. The highest BCUT2D eigenvalue weighted by molar-refractivity contribution is 6.04. The third kappa shape index (κ3) is 3.32. The Hall–Kier alpha value is -3.62. The van der Waals surface area contributed by atoms with Crippen LogP contribution >= 0.6 is 0 Å². The maximum atomic E-state index is 13.0. The van der Waals surface area contributed by atoms with E-state index in [0.29, 0.717) is 48.0 Å². The van der Waals surface area contributed by atoms with Crippen molar-refractivity contribution in [3.05, 3.63) is 47.3 Å². The molecule has 0 bridgehead atoms. The van der Waals surface area contributed by atoms with E-state index in [0.717, 1.165) is 11.2 Å². The fraction of sp³-hybridized carbons (Fsp3) is 0.333. The smallest absolute Gasteiger partial charge is 0.276 e. The molecule has 0 spiro atoms. The lowest BCUT2D eigenvalue weighted by Gasteiger charge is -2.26. The Bertz CT molecular complexity index is 1170. The molecule has 1 aromatic carbocycles. The van der Waals surface area contributed by atoms with Crippen molar-refractivity contribution in [2.45, 2.75) is 39.8 Å². The summed E-state index contributed by atoms with van der Waals surface area (Å²) in [4.78, 5) is 29.3. The van der Waals surface area contributed by atoms with Crippen LogP contribution in [-0.4, -0.2) is 37.8 Å². The number of allylic oxidation sites excluding steroid dienone is 2. The van der Waals surface area contributed by atoms with E-state index in [4.69, 9.17) is 10.5 Å². The van der Waals surface area contributed by atoms with Gasteiger partial charge in [-0.15, -0.1) is 0 Å². The number of carbonyl (C=O) groups is 2. The van der Waals surface area contributed by atoms with Crippen LogP contribution in [0, 0.1) is 6.92 Å². The first-order valence-corrected chi connectivity index (χ1v) is 9.88. The van der Waals surface area contributed by atoms with Gasteiger partial charge in [-0.25, -0.2) is 4.98 Å². The molecular formula is C21H24N6O3. The lowest BCUT2D eigenvalue weighted by atomic mass is 10.1. The largest absolute Gasteiger partial charge is 0.489 e. The number of ether oxygens (including phenoxy) is 1. The van der Waals surface area contributed by atoms with Crippen molar-refractivity contribution in [2.24, 2.45) is 5.73 Å². The first-order valence-electron chi connectivity index (χ1n) is 9.88. The highest BCUT2D eigenvalue weighted by Gasteiger charge is 2.29. The Morgan fingerprint density at radius 2 is 2.17 bits per heavy atom. The monoisotopic (exact) mass is 408 g/mol. The van der Waals surface area contributed by atoms with Crippen molar-refractivity contribution < 1.29 is 14.3 Å². The number of aromatic nitrogens is 4. The van der Waals surface area contributed by atoms with Crippen LogP contribution in [0.2, 0.25) is 0 Å². The number of hydrogen-bond acceptors (Lipinski definition) is 5. The zero-order chi connectivity index (χ0) is 21.4. The molecule has 0 aliphatic carbocycles. The summed E-state index contributed by atoms with van der Waals surface area (Å²) < 4.78 is 9.53. The van der Waals surface area contributed by atoms with Crippen molar-refractivity contribution >= 4 is 28.8 Å². The fourth-order valence-electron chi connectivity index (χ4n) is 3.75. The lowest BCUT2D eigenvalue weighted by molar-refractivity contribution is 0.0995. The molecule has 9 heteroatoms. The topological polar surface area (TPSA) is 117 Å². The number of nitrogens with one attached hydrogen (secondary N) is 1. The second kappa shape index (κ2) is 7.66. The van der Waals surface area contributed by atoms with Gasteiger partial charge in [-0.05, 0) is 45.4 Å². The van der Waals surface area contributed by atoms with Gasteiger partial charge in [0.1, 0.15) is 23.6 Å². The average Bonchev–Trinajstić information content (AvgIpc) is 3.28. The first kappa shape index (κ1) is 19.7. The van der Waals surface area contributed by atoms with Gasteiger partial charge in [-0.2, -0.15) is 5.10 Å².